The van der Waals surface area contributed by atoms with E-state index < -0.39 is 37.4 Å². The second-order valence-corrected chi connectivity index (χ2v) is 11.7. The van der Waals surface area contributed by atoms with Crippen LogP contribution in [-0.4, -0.2) is 73.9 Å². The summed E-state index contributed by atoms with van der Waals surface area (Å²) in [5, 5.41) is 6.17. The third kappa shape index (κ3) is 5.09. The Morgan fingerprint density at radius 1 is 1.21 bits per heavy atom. The van der Waals surface area contributed by atoms with E-state index in [1.165, 1.54) is 20.8 Å². The molecule has 1 unspecified atom stereocenters. The van der Waals surface area contributed by atoms with Crippen molar-refractivity contribution in [2.75, 3.05) is 26.8 Å². The van der Waals surface area contributed by atoms with Crippen LogP contribution in [0.5, 0.6) is 0 Å². The van der Waals surface area contributed by atoms with Crippen LogP contribution in [0.1, 0.15) is 53.9 Å². The van der Waals surface area contributed by atoms with Crippen molar-refractivity contribution in [3.8, 4) is 0 Å². The van der Waals surface area contributed by atoms with Crippen LogP contribution < -0.4 is 5.32 Å². The maximum Gasteiger partial charge on any atom is 0.243 e. The van der Waals surface area contributed by atoms with Crippen LogP contribution in [-0.2, 0) is 29.0 Å². The smallest absolute Gasteiger partial charge is 0.243 e. The number of amides is 2. The molecule has 0 aliphatic carbocycles. The Bertz CT molecular complexity index is 769. The van der Waals surface area contributed by atoms with Gasteiger partial charge in [-0.25, -0.2) is 8.42 Å². The van der Waals surface area contributed by atoms with Crippen LogP contribution in [0.4, 0.5) is 0 Å². The first-order valence-electron chi connectivity index (χ1n) is 9.86. The van der Waals surface area contributed by atoms with Crippen molar-refractivity contribution in [1.82, 2.24) is 10.2 Å². The highest BCUT2D eigenvalue weighted by molar-refractivity contribution is 7.94. The highest BCUT2D eigenvalue weighted by Crippen LogP contribution is 2.30. The fourth-order valence-corrected chi connectivity index (χ4v) is 5.47. The minimum atomic E-state index is -3.70. The monoisotopic (exact) mass is 431 g/mol. The summed E-state index contributed by atoms with van der Waals surface area (Å²) < 4.78 is 29.7. The van der Waals surface area contributed by atoms with Crippen molar-refractivity contribution in [1.29, 1.82) is 0 Å². The van der Waals surface area contributed by atoms with Gasteiger partial charge in [-0.15, -0.1) is 0 Å². The van der Waals surface area contributed by atoms with Crippen LogP contribution in [0.25, 0.3) is 0 Å². The molecule has 166 valence electrons. The Hall–Kier alpha value is -1.68. The quantitative estimate of drug-likeness (QED) is 0.645. The normalized spacial score (nSPS) is 21.3. The van der Waals surface area contributed by atoms with Gasteiger partial charge in [-0.3, -0.25) is 9.59 Å². The van der Waals surface area contributed by atoms with E-state index in [2.05, 4.69) is 10.5 Å². The number of hydrogen-bond donors (Lipinski definition) is 1. The van der Waals surface area contributed by atoms with E-state index in [0.29, 0.717) is 44.7 Å². The molecule has 0 aromatic carbocycles. The number of sulfone groups is 1. The molecule has 10 heteroatoms. The van der Waals surface area contributed by atoms with Crippen molar-refractivity contribution in [3.05, 3.63) is 0 Å². The van der Waals surface area contributed by atoms with Gasteiger partial charge >= 0.3 is 0 Å². The predicted molar refractivity (Wildman–Crippen MR) is 109 cm³/mol. The summed E-state index contributed by atoms with van der Waals surface area (Å²) in [7, 11) is -1.99. The van der Waals surface area contributed by atoms with Gasteiger partial charge in [-0.1, -0.05) is 19.0 Å². The van der Waals surface area contributed by atoms with Crippen LogP contribution in [0.15, 0.2) is 5.16 Å². The van der Waals surface area contributed by atoms with Crippen molar-refractivity contribution >= 4 is 27.4 Å². The standard InChI is InChI=1S/C19H33N3O6S/c1-13(23)22(6)12-18(2,3)15-11-16(28-21-15)20-17(24)19(4,5)29(25,26)14-7-9-27-10-8-14/h14,16H,7-12H2,1-6H3,(H,20,24). The van der Waals surface area contributed by atoms with Gasteiger partial charge in [0.1, 0.15) is 4.75 Å². The van der Waals surface area contributed by atoms with Gasteiger partial charge in [0, 0.05) is 45.6 Å². The van der Waals surface area contributed by atoms with Crippen LogP contribution in [0.3, 0.4) is 0 Å². The number of carbonyl (C=O) groups excluding carboxylic acids is 2. The fourth-order valence-electron chi connectivity index (χ4n) is 3.50. The lowest BCUT2D eigenvalue weighted by atomic mass is 9.85. The maximum atomic E-state index is 13.0. The third-order valence-electron chi connectivity index (χ3n) is 5.78. The Morgan fingerprint density at radius 2 is 1.79 bits per heavy atom. The zero-order chi connectivity index (χ0) is 22.0. The van der Waals surface area contributed by atoms with Crippen molar-refractivity contribution in [3.63, 3.8) is 0 Å². The van der Waals surface area contributed by atoms with Gasteiger partial charge in [-0.05, 0) is 26.7 Å². The Balaban J connectivity index is 2.00. The molecule has 0 radical (unpaired) electrons. The summed E-state index contributed by atoms with van der Waals surface area (Å²) in [5.74, 6) is -0.661. The predicted octanol–water partition coefficient (Wildman–Crippen LogP) is 1.08. The van der Waals surface area contributed by atoms with Gasteiger partial charge in [0.2, 0.25) is 18.0 Å². The first-order chi connectivity index (χ1) is 13.3. The average molecular weight is 432 g/mol. The molecule has 0 saturated carbocycles. The van der Waals surface area contributed by atoms with E-state index in [0.717, 1.165) is 0 Å². The molecule has 29 heavy (non-hydrogen) atoms. The molecule has 1 N–H and O–H groups in total. The molecule has 2 aliphatic rings. The number of ether oxygens (including phenoxy) is 1. The summed E-state index contributed by atoms with van der Waals surface area (Å²) in [4.78, 5) is 31.3. The zero-order valence-corrected chi connectivity index (χ0v) is 19.0. The largest absolute Gasteiger partial charge is 0.381 e. The van der Waals surface area contributed by atoms with E-state index in [-0.39, 0.29) is 5.91 Å². The van der Waals surface area contributed by atoms with E-state index in [1.54, 1.807) is 11.9 Å². The van der Waals surface area contributed by atoms with Gasteiger partial charge in [-0.2, -0.15) is 0 Å². The topological polar surface area (TPSA) is 114 Å². The molecule has 2 amide bonds. The molecule has 2 rings (SSSR count). The molecule has 0 spiro atoms. The summed E-state index contributed by atoms with van der Waals surface area (Å²) in [6.45, 7) is 9.45. The summed E-state index contributed by atoms with van der Waals surface area (Å²) >= 11 is 0. The molecule has 1 saturated heterocycles. The summed E-state index contributed by atoms with van der Waals surface area (Å²) in [6.07, 6.45) is 0.384. The number of nitrogens with zero attached hydrogens (tertiary/aromatic N) is 2. The molecular formula is C19H33N3O6S. The number of hydrogen-bond acceptors (Lipinski definition) is 7. The second kappa shape index (κ2) is 8.59. The third-order valence-corrected chi connectivity index (χ3v) is 8.73. The van der Waals surface area contributed by atoms with Crippen molar-refractivity contribution < 1.29 is 27.6 Å². The highest BCUT2D eigenvalue weighted by Gasteiger charge is 2.47. The van der Waals surface area contributed by atoms with Gasteiger partial charge in [0.15, 0.2) is 9.84 Å². The molecular weight excluding hydrogens is 398 g/mol. The minimum Gasteiger partial charge on any atom is -0.381 e. The van der Waals surface area contributed by atoms with E-state index in [9.17, 15) is 18.0 Å². The van der Waals surface area contributed by atoms with Gasteiger partial charge < -0.3 is 19.8 Å². The molecule has 1 atom stereocenters. The van der Waals surface area contributed by atoms with E-state index in [1.807, 2.05) is 13.8 Å². The maximum absolute atomic E-state index is 13.0. The molecule has 0 aromatic heterocycles. The SMILES string of the molecule is CC(=O)N(C)CC(C)(C)C1=NOC(NC(=O)C(C)(C)S(=O)(=O)C2CCOCC2)C1. The zero-order valence-electron chi connectivity index (χ0n) is 18.1. The molecule has 9 nitrogen and oxygen atoms in total. The highest BCUT2D eigenvalue weighted by atomic mass is 32.2. The van der Waals surface area contributed by atoms with Gasteiger partial charge in [0.05, 0.1) is 11.0 Å². The Labute approximate surface area is 173 Å². The lowest BCUT2D eigenvalue weighted by Crippen LogP contribution is -2.54. The summed E-state index contributed by atoms with van der Waals surface area (Å²) in [6, 6.07) is 0. The lowest BCUT2D eigenvalue weighted by Gasteiger charge is -2.32. The van der Waals surface area contributed by atoms with Crippen molar-refractivity contribution in [2.45, 2.75) is 70.1 Å². The Kier molecular flexibility index (Phi) is 6.99. The number of oxime groups is 1. The first kappa shape index (κ1) is 23.6. The Morgan fingerprint density at radius 3 is 2.34 bits per heavy atom. The number of carbonyl (C=O) groups is 2. The molecule has 0 bridgehead atoms. The number of rotatable bonds is 7. The van der Waals surface area contributed by atoms with Crippen LogP contribution in [0, 0.1) is 5.41 Å². The van der Waals surface area contributed by atoms with Crippen LogP contribution in [0.2, 0.25) is 0 Å². The van der Waals surface area contributed by atoms with Crippen LogP contribution >= 0.6 is 0 Å². The molecule has 2 aliphatic heterocycles. The lowest BCUT2D eigenvalue weighted by molar-refractivity contribution is -0.128. The fraction of sp³-hybridized carbons (Fsp3) is 0.842. The average Bonchev–Trinajstić information content (AvgIpc) is 3.11. The summed E-state index contributed by atoms with van der Waals surface area (Å²) in [5.41, 5.74) is 0.268. The minimum absolute atomic E-state index is 0.0532. The molecule has 0 aromatic rings. The van der Waals surface area contributed by atoms with Gasteiger partial charge in [0.25, 0.3) is 0 Å². The second-order valence-electron chi connectivity index (χ2n) is 8.94. The van der Waals surface area contributed by atoms with E-state index in [4.69, 9.17) is 9.57 Å². The first-order valence-corrected chi connectivity index (χ1v) is 11.4. The van der Waals surface area contributed by atoms with Crippen molar-refractivity contribution in [2.24, 2.45) is 10.6 Å². The van der Waals surface area contributed by atoms with E-state index >= 15 is 0 Å². The molecule has 2 heterocycles. The molecule has 1 fully saturated rings. The number of nitrogens with one attached hydrogen (secondary N) is 1.